The first-order chi connectivity index (χ1) is 13.2. The van der Waals surface area contributed by atoms with Crippen molar-refractivity contribution in [2.24, 2.45) is 0 Å². The van der Waals surface area contributed by atoms with Crippen LogP contribution in [0.25, 0.3) is 0 Å². The van der Waals surface area contributed by atoms with Crippen LogP contribution in [0.1, 0.15) is 54.1 Å². The minimum atomic E-state index is -0.157. The zero-order chi connectivity index (χ0) is 18.6. The molecule has 1 amide bonds. The molecule has 0 aliphatic heterocycles. The second-order valence-corrected chi connectivity index (χ2v) is 7.28. The summed E-state index contributed by atoms with van der Waals surface area (Å²) in [4.78, 5) is 12.8. The third-order valence-electron chi connectivity index (χ3n) is 5.45. The molecule has 1 aromatic heterocycles. The molecule has 2 atom stereocenters. The fraction of sp³-hybridized carbons (Fsp3) is 0.304. The molecule has 0 unspecified atom stereocenters. The maximum absolute atomic E-state index is 12.8. The van der Waals surface area contributed by atoms with E-state index in [1.807, 2.05) is 49.5 Å². The Hall–Kier alpha value is -2.88. The van der Waals surface area contributed by atoms with E-state index in [4.69, 9.17) is 0 Å². The number of hydrogen-bond donors (Lipinski definition) is 1. The molecule has 138 valence electrons. The molecule has 4 nitrogen and oxygen atoms in total. The predicted octanol–water partition coefficient (Wildman–Crippen LogP) is 4.23. The fourth-order valence-electron chi connectivity index (χ4n) is 3.85. The number of carbonyl (C=O) groups excluding carboxylic acids is 1. The van der Waals surface area contributed by atoms with Crippen molar-refractivity contribution in [2.75, 3.05) is 0 Å². The van der Waals surface area contributed by atoms with Crippen LogP contribution in [0, 0.1) is 0 Å². The summed E-state index contributed by atoms with van der Waals surface area (Å²) < 4.78 is 2.09. The first-order valence-corrected chi connectivity index (χ1v) is 9.66. The third-order valence-corrected chi connectivity index (χ3v) is 5.45. The molecule has 0 spiro atoms. The van der Waals surface area contributed by atoms with Crippen molar-refractivity contribution < 1.29 is 4.79 Å². The number of amides is 1. The summed E-state index contributed by atoms with van der Waals surface area (Å²) in [6, 6.07) is 20.4. The summed E-state index contributed by atoms with van der Waals surface area (Å²) in [5.74, 6) is -0.0780. The van der Waals surface area contributed by atoms with E-state index in [2.05, 4.69) is 39.4 Å². The Morgan fingerprint density at radius 2 is 1.85 bits per heavy atom. The minimum Gasteiger partial charge on any atom is -0.349 e. The van der Waals surface area contributed by atoms with Crippen molar-refractivity contribution in [3.63, 3.8) is 0 Å². The Morgan fingerprint density at radius 3 is 2.59 bits per heavy atom. The number of aromatic nitrogens is 2. The Bertz CT molecular complexity index is 902. The van der Waals surface area contributed by atoms with Gasteiger partial charge in [-0.3, -0.25) is 9.48 Å². The number of carbonyl (C=O) groups is 1. The summed E-state index contributed by atoms with van der Waals surface area (Å²) in [5.41, 5.74) is 4.71. The van der Waals surface area contributed by atoms with E-state index in [0.717, 1.165) is 31.4 Å². The largest absolute Gasteiger partial charge is 0.349 e. The first kappa shape index (κ1) is 17.5. The smallest absolute Gasteiger partial charge is 0.227 e. The molecule has 1 aliphatic rings. The summed E-state index contributed by atoms with van der Waals surface area (Å²) in [5, 5.41) is 7.88. The topological polar surface area (TPSA) is 46.9 Å². The third kappa shape index (κ3) is 3.80. The van der Waals surface area contributed by atoms with E-state index in [-0.39, 0.29) is 17.9 Å². The van der Waals surface area contributed by atoms with Crippen LogP contribution < -0.4 is 5.32 Å². The number of nitrogens with one attached hydrogen (secondary N) is 1. The molecule has 0 bridgehead atoms. The average molecular weight is 359 g/mol. The molecule has 27 heavy (non-hydrogen) atoms. The predicted molar refractivity (Wildman–Crippen MR) is 106 cm³/mol. The van der Waals surface area contributed by atoms with Gasteiger partial charge in [-0.2, -0.15) is 5.10 Å². The Balaban J connectivity index is 1.50. The van der Waals surface area contributed by atoms with Crippen molar-refractivity contribution in [3.8, 4) is 0 Å². The van der Waals surface area contributed by atoms with Gasteiger partial charge in [0.15, 0.2) is 0 Å². The average Bonchev–Trinajstić information content (AvgIpc) is 3.13. The molecular weight excluding hydrogens is 334 g/mol. The minimum absolute atomic E-state index is 0.0527. The van der Waals surface area contributed by atoms with Gasteiger partial charge in [0.1, 0.15) is 0 Å². The SMILES string of the molecule is C[C@H](C(=O)N[C@@H]1CCCc2c1cnn2Cc1ccccc1)c1ccccc1. The summed E-state index contributed by atoms with van der Waals surface area (Å²) in [6.45, 7) is 2.74. The second kappa shape index (κ2) is 7.78. The summed E-state index contributed by atoms with van der Waals surface area (Å²) in [7, 11) is 0. The maximum Gasteiger partial charge on any atom is 0.227 e. The van der Waals surface area contributed by atoms with Gasteiger partial charge < -0.3 is 5.32 Å². The number of hydrogen-bond acceptors (Lipinski definition) is 2. The molecule has 4 rings (SSSR count). The Kier molecular flexibility index (Phi) is 5.05. The lowest BCUT2D eigenvalue weighted by Gasteiger charge is -2.25. The van der Waals surface area contributed by atoms with Crippen LogP contribution in [0.3, 0.4) is 0 Å². The van der Waals surface area contributed by atoms with E-state index < -0.39 is 0 Å². The van der Waals surface area contributed by atoms with Gasteiger partial charge in [0.05, 0.1) is 24.7 Å². The first-order valence-electron chi connectivity index (χ1n) is 9.66. The van der Waals surface area contributed by atoms with Crippen molar-refractivity contribution in [3.05, 3.63) is 89.2 Å². The highest BCUT2D eigenvalue weighted by Crippen LogP contribution is 2.30. The monoisotopic (exact) mass is 359 g/mol. The van der Waals surface area contributed by atoms with Crippen LogP contribution >= 0.6 is 0 Å². The summed E-state index contributed by atoms with van der Waals surface area (Å²) in [6.07, 6.45) is 4.99. The zero-order valence-corrected chi connectivity index (χ0v) is 15.6. The van der Waals surface area contributed by atoms with Crippen LogP contribution in [-0.4, -0.2) is 15.7 Å². The zero-order valence-electron chi connectivity index (χ0n) is 15.6. The van der Waals surface area contributed by atoms with E-state index in [0.29, 0.717) is 0 Å². The number of nitrogens with zero attached hydrogens (tertiary/aromatic N) is 2. The van der Waals surface area contributed by atoms with Crippen LogP contribution in [0.2, 0.25) is 0 Å². The highest BCUT2D eigenvalue weighted by molar-refractivity contribution is 5.83. The molecule has 0 saturated heterocycles. The van der Waals surface area contributed by atoms with E-state index in [1.54, 1.807) is 0 Å². The molecule has 0 saturated carbocycles. The van der Waals surface area contributed by atoms with Crippen LogP contribution in [-0.2, 0) is 17.8 Å². The van der Waals surface area contributed by atoms with Gasteiger partial charge in [-0.25, -0.2) is 0 Å². The van der Waals surface area contributed by atoms with Crippen molar-refractivity contribution in [2.45, 2.75) is 44.7 Å². The molecular formula is C23H25N3O. The number of benzene rings is 2. The van der Waals surface area contributed by atoms with Crippen molar-refractivity contribution >= 4 is 5.91 Å². The van der Waals surface area contributed by atoms with Gasteiger partial charge in [0.2, 0.25) is 5.91 Å². The van der Waals surface area contributed by atoms with Gasteiger partial charge in [-0.15, -0.1) is 0 Å². The molecule has 2 aromatic carbocycles. The highest BCUT2D eigenvalue weighted by atomic mass is 16.1. The van der Waals surface area contributed by atoms with E-state index >= 15 is 0 Å². The lowest BCUT2D eigenvalue weighted by Crippen LogP contribution is -2.33. The number of fused-ring (bicyclic) bond motifs is 1. The van der Waals surface area contributed by atoms with E-state index in [9.17, 15) is 4.79 Å². The molecule has 4 heteroatoms. The molecule has 0 radical (unpaired) electrons. The van der Waals surface area contributed by atoms with Gasteiger partial charge in [-0.1, -0.05) is 60.7 Å². The molecule has 1 N–H and O–H groups in total. The quantitative estimate of drug-likeness (QED) is 0.741. The van der Waals surface area contributed by atoms with Crippen molar-refractivity contribution in [1.29, 1.82) is 0 Å². The van der Waals surface area contributed by atoms with Crippen LogP contribution in [0.15, 0.2) is 66.9 Å². The van der Waals surface area contributed by atoms with Gasteiger partial charge in [-0.05, 0) is 37.3 Å². The summed E-state index contributed by atoms with van der Waals surface area (Å²) >= 11 is 0. The van der Waals surface area contributed by atoms with Gasteiger partial charge in [0.25, 0.3) is 0 Å². The second-order valence-electron chi connectivity index (χ2n) is 7.28. The lowest BCUT2D eigenvalue weighted by atomic mass is 9.91. The Labute approximate surface area is 160 Å². The van der Waals surface area contributed by atoms with Crippen LogP contribution in [0.5, 0.6) is 0 Å². The lowest BCUT2D eigenvalue weighted by molar-refractivity contribution is -0.123. The van der Waals surface area contributed by atoms with Gasteiger partial charge >= 0.3 is 0 Å². The van der Waals surface area contributed by atoms with Crippen LogP contribution in [0.4, 0.5) is 0 Å². The normalized spacial score (nSPS) is 17.1. The van der Waals surface area contributed by atoms with Gasteiger partial charge in [0, 0.05) is 11.3 Å². The fourth-order valence-corrected chi connectivity index (χ4v) is 3.85. The highest BCUT2D eigenvalue weighted by Gasteiger charge is 2.27. The molecule has 1 heterocycles. The molecule has 1 aliphatic carbocycles. The molecule has 0 fully saturated rings. The Morgan fingerprint density at radius 1 is 1.15 bits per heavy atom. The number of rotatable bonds is 5. The van der Waals surface area contributed by atoms with Crippen molar-refractivity contribution in [1.82, 2.24) is 15.1 Å². The standard InChI is InChI=1S/C23H25N3O/c1-17(19-11-6-3-7-12-19)23(27)25-21-13-8-14-22-20(21)15-24-26(22)16-18-9-4-2-5-10-18/h2-7,9-12,15,17,21H,8,13-14,16H2,1H3,(H,25,27)/t17-,21+/m0/s1. The maximum atomic E-state index is 12.8. The van der Waals surface area contributed by atoms with E-state index in [1.165, 1.54) is 16.8 Å². The molecule has 3 aromatic rings.